The molecule has 25 heavy (non-hydrogen) atoms. The van der Waals surface area contributed by atoms with Gasteiger partial charge in [-0.3, -0.25) is 4.79 Å². The third kappa shape index (κ3) is 4.61. The molecule has 0 amide bonds. The average Bonchev–Trinajstić information content (AvgIpc) is 2.58. The second-order valence-corrected chi connectivity index (χ2v) is 6.45. The van der Waals surface area contributed by atoms with Gasteiger partial charge in [-0.15, -0.1) is 0 Å². The first-order valence-electron chi connectivity index (χ1n) is 6.89. The Morgan fingerprint density at radius 1 is 1.08 bits per heavy atom. The zero-order valence-electron chi connectivity index (χ0n) is 13.1. The number of carbonyl (C=O) groups excluding carboxylic acids is 2. The highest BCUT2D eigenvalue weighted by Gasteiger charge is 2.19. The van der Waals surface area contributed by atoms with E-state index >= 15 is 0 Å². The van der Waals surface area contributed by atoms with Crippen molar-refractivity contribution in [1.82, 2.24) is 0 Å². The molecule has 2 aromatic carbocycles. The lowest BCUT2D eigenvalue weighted by molar-refractivity contribution is 0.0474. The minimum atomic E-state index is -4.12. The molecule has 0 aliphatic carbocycles. The quantitative estimate of drug-likeness (QED) is 0.612. The Morgan fingerprint density at radius 2 is 1.68 bits per heavy atom. The first kappa shape index (κ1) is 18.6. The lowest BCUT2D eigenvalue weighted by Crippen LogP contribution is -2.17. The Morgan fingerprint density at radius 3 is 2.24 bits per heavy atom. The van der Waals surface area contributed by atoms with Gasteiger partial charge in [0.2, 0.25) is 10.0 Å². The molecular weight excluding hydrogens is 353 g/mol. The van der Waals surface area contributed by atoms with Crippen molar-refractivity contribution in [2.75, 3.05) is 13.7 Å². The highest BCUT2D eigenvalue weighted by atomic mass is 32.2. The third-order valence-electron chi connectivity index (χ3n) is 3.21. The molecule has 0 atom stereocenters. The normalized spacial score (nSPS) is 11.0. The fraction of sp³-hybridized carbons (Fsp3) is 0.125. The molecule has 0 fully saturated rings. The van der Waals surface area contributed by atoms with Crippen molar-refractivity contribution in [3.8, 4) is 5.75 Å². The fourth-order valence-electron chi connectivity index (χ4n) is 1.96. The summed E-state index contributed by atoms with van der Waals surface area (Å²) < 4.78 is 45.6. The molecule has 0 unspecified atom stereocenters. The molecule has 0 heterocycles. The number of ether oxygens (including phenoxy) is 2. The summed E-state index contributed by atoms with van der Waals surface area (Å²) in [7, 11) is -2.86. The Balaban J connectivity index is 2.13. The van der Waals surface area contributed by atoms with Crippen molar-refractivity contribution in [2.24, 2.45) is 5.14 Å². The van der Waals surface area contributed by atoms with Crippen LogP contribution in [0.3, 0.4) is 0 Å². The zero-order valence-corrected chi connectivity index (χ0v) is 13.9. The summed E-state index contributed by atoms with van der Waals surface area (Å²) in [6.45, 7) is -0.582. The van der Waals surface area contributed by atoms with E-state index in [4.69, 9.17) is 14.6 Å². The molecule has 2 aromatic rings. The van der Waals surface area contributed by atoms with Crippen molar-refractivity contribution >= 4 is 21.8 Å². The number of ketones is 1. The lowest BCUT2D eigenvalue weighted by atomic mass is 10.1. The van der Waals surface area contributed by atoms with Crippen molar-refractivity contribution < 1.29 is 31.9 Å². The van der Waals surface area contributed by atoms with Gasteiger partial charge in [0.1, 0.15) is 16.5 Å². The van der Waals surface area contributed by atoms with Gasteiger partial charge in [-0.05, 0) is 42.5 Å². The summed E-state index contributed by atoms with van der Waals surface area (Å²) in [6, 6.07) is 8.26. The molecule has 2 N–H and O–H groups in total. The topological polar surface area (TPSA) is 113 Å². The first-order valence-corrected chi connectivity index (χ1v) is 8.43. The molecule has 0 spiro atoms. The summed E-state index contributed by atoms with van der Waals surface area (Å²) >= 11 is 0. The van der Waals surface area contributed by atoms with Crippen LogP contribution in [0.15, 0.2) is 47.4 Å². The van der Waals surface area contributed by atoms with Crippen LogP contribution < -0.4 is 9.88 Å². The number of benzene rings is 2. The van der Waals surface area contributed by atoms with Crippen LogP contribution in [0.25, 0.3) is 0 Å². The van der Waals surface area contributed by atoms with E-state index in [1.54, 1.807) is 0 Å². The summed E-state index contributed by atoms with van der Waals surface area (Å²) in [5.74, 6) is -1.97. The molecule has 0 aliphatic rings. The van der Waals surface area contributed by atoms with Gasteiger partial charge in [-0.1, -0.05) is 0 Å². The monoisotopic (exact) mass is 367 g/mol. The number of Topliss-reactive ketones (excluding diaryl/α,β-unsaturated/α-hetero) is 1. The number of halogens is 1. The maximum Gasteiger partial charge on any atom is 0.338 e. The summed E-state index contributed by atoms with van der Waals surface area (Å²) in [6.07, 6.45) is 0. The van der Waals surface area contributed by atoms with E-state index in [2.05, 4.69) is 0 Å². The smallest absolute Gasteiger partial charge is 0.338 e. The van der Waals surface area contributed by atoms with E-state index in [9.17, 15) is 22.4 Å². The number of hydrogen-bond donors (Lipinski definition) is 1. The predicted molar refractivity (Wildman–Crippen MR) is 85.4 cm³/mol. The molecule has 2 rings (SSSR count). The SMILES string of the molecule is COc1ccc(C(=O)OCC(=O)c2ccc(F)cc2)cc1S(N)(=O)=O. The number of nitrogens with two attached hydrogens (primary N) is 1. The molecular formula is C16H14FNO6S. The lowest BCUT2D eigenvalue weighted by Gasteiger charge is -2.09. The molecule has 0 aliphatic heterocycles. The minimum absolute atomic E-state index is 0.0264. The van der Waals surface area contributed by atoms with Gasteiger partial charge < -0.3 is 9.47 Å². The molecule has 0 saturated carbocycles. The van der Waals surface area contributed by atoms with Gasteiger partial charge in [0.25, 0.3) is 0 Å². The van der Waals surface area contributed by atoms with Crippen LogP contribution in [-0.2, 0) is 14.8 Å². The predicted octanol–water partition coefficient (Wildman–Crippen LogP) is 1.52. The second-order valence-electron chi connectivity index (χ2n) is 4.92. The molecule has 0 aromatic heterocycles. The van der Waals surface area contributed by atoms with E-state index < -0.39 is 34.2 Å². The van der Waals surface area contributed by atoms with Crippen LogP contribution in [0.2, 0.25) is 0 Å². The van der Waals surface area contributed by atoms with Crippen molar-refractivity contribution in [1.29, 1.82) is 0 Å². The Hall–Kier alpha value is -2.78. The average molecular weight is 367 g/mol. The number of rotatable bonds is 6. The zero-order chi connectivity index (χ0) is 18.6. The second kappa shape index (κ2) is 7.41. The molecule has 0 bridgehead atoms. The highest BCUT2D eigenvalue weighted by molar-refractivity contribution is 7.89. The van der Waals surface area contributed by atoms with Gasteiger partial charge in [0.05, 0.1) is 12.7 Å². The summed E-state index contributed by atoms with van der Waals surface area (Å²) in [5, 5.41) is 5.07. The maximum absolute atomic E-state index is 12.8. The maximum atomic E-state index is 12.8. The van der Waals surface area contributed by atoms with Crippen LogP contribution in [0.1, 0.15) is 20.7 Å². The molecule has 9 heteroatoms. The number of carbonyl (C=O) groups is 2. The van der Waals surface area contributed by atoms with E-state index in [-0.39, 0.29) is 21.8 Å². The first-order chi connectivity index (χ1) is 11.7. The highest BCUT2D eigenvalue weighted by Crippen LogP contribution is 2.24. The third-order valence-corrected chi connectivity index (χ3v) is 4.14. The van der Waals surface area contributed by atoms with E-state index in [0.29, 0.717) is 0 Å². The Kier molecular flexibility index (Phi) is 5.50. The summed E-state index contributed by atoms with van der Waals surface area (Å²) in [5.41, 5.74) is 0.0610. The Labute approximate surface area is 143 Å². The standard InChI is InChI=1S/C16H14FNO6S/c1-23-14-7-4-11(8-15(14)25(18,21)22)16(20)24-9-13(19)10-2-5-12(17)6-3-10/h2-8H,9H2,1H3,(H2,18,21,22). The van der Waals surface area contributed by atoms with Crippen molar-refractivity contribution in [3.63, 3.8) is 0 Å². The molecule has 0 radical (unpaired) electrons. The minimum Gasteiger partial charge on any atom is -0.495 e. The van der Waals surface area contributed by atoms with Gasteiger partial charge in [-0.2, -0.15) is 0 Å². The number of primary sulfonamides is 1. The number of esters is 1. The van der Waals surface area contributed by atoms with Gasteiger partial charge >= 0.3 is 5.97 Å². The van der Waals surface area contributed by atoms with E-state index in [1.807, 2.05) is 0 Å². The molecule has 0 saturated heterocycles. The van der Waals surface area contributed by atoms with Crippen molar-refractivity contribution in [3.05, 3.63) is 59.4 Å². The summed E-state index contributed by atoms with van der Waals surface area (Å²) in [4.78, 5) is 23.5. The fourth-order valence-corrected chi connectivity index (χ4v) is 2.68. The molecule has 7 nitrogen and oxygen atoms in total. The Bertz CT molecular complexity index is 909. The van der Waals surface area contributed by atoms with E-state index in [0.717, 1.165) is 18.2 Å². The number of sulfonamides is 1. The van der Waals surface area contributed by atoms with Crippen molar-refractivity contribution in [2.45, 2.75) is 4.90 Å². The van der Waals surface area contributed by atoms with Crippen LogP contribution >= 0.6 is 0 Å². The van der Waals surface area contributed by atoms with Crippen LogP contribution in [0.5, 0.6) is 5.75 Å². The van der Waals surface area contributed by atoms with Gasteiger partial charge in [0, 0.05) is 5.56 Å². The van der Waals surface area contributed by atoms with Crippen LogP contribution in [-0.4, -0.2) is 33.9 Å². The molecule has 132 valence electrons. The van der Waals surface area contributed by atoms with Gasteiger partial charge in [0.15, 0.2) is 12.4 Å². The number of methoxy groups -OCH3 is 1. The largest absolute Gasteiger partial charge is 0.495 e. The van der Waals surface area contributed by atoms with Gasteiger partial charge in [-0.25, -0.2) is 22.7 Å². The number of hydrogen-bond acceptors (Lipinski definition) is 6. The van der Waals surface area contributed by atoms with Crippen LogP contribution in [0.4, 0.5) is 4.39 Å². The van der Waals surface area contributed by atoms with Crippen LogP contribution in [0, 0.1) is 5.82 Å². The van der Waals surface area contributed by atoms with E-state index in [1.165, 1.54) is 31.4 Å².